The zero-order chi connectivity index (χ0) is 21.6. The lowest BCUT2D eigenvalue weighted by molar-refractivity contribution is -0.131. The minimum atomic E-state index is -0.689. The molecule has 2 rings (SSSR count). The highest BCUT2D eigenvalue weighted by molar-refractivity contribution is 5.97. The number of rotatable bonds is 9. The van der Waals surface area contributed by atoms with E-state index >= 15 is 0 Å². The second-order valence-corrected chi connectivity index (χ2v) is 7.40. The average Bonchev–Trinajstić information content (AvgIpc) is 3.19. The SMILES string of the molecule is CCCCn1c(N)c(N(CC)C(=O)CN(C)CC(=O)N2CCCC2)c(=O)[nH]c1=O. The molecule has 1 aromatic rings. The minimum Gasteiger partial charge on any atom is -0.383 e. The van der Waals surface area contributed by atoms with Gasteiger partial charge in [0.2, 0.25) is 11.8 Å². The highest BCUT2D eigenvalue weighted by Gasteiger charge is 2.25. The Morgan fingerprint density at radius 2 is 1.79 bits per heavy atom. The molecular formula is C19H32N6O4. The molecule has 1 saturated heterocycles. The van der Waals surface area contributed by atoms with E-state index in [1.807, 2.05) is 6.92 Å². The molecule has 2 amide bonds. The monoisotopic (exact) mass is 408 g/mol. The van der Waals surface area contributed by atoms with E-state index in [4.69, 9.17) is 5.73 Å². The van der Waals surface area contributed by atoms with Gasteiger partial charge in [-0.25, -0.2) is 4.79 Å². The van der Waals surface area contributed by atoms with Crippen LogP contribution in [0.15, 0.2) is 9.59 Å². The normalized spacial score (nSPS) is 13.9. The second-order valence-electron chi connectivity index (χ2n) is 7.40. The molecule has 0 aromatic carbocycles. The van der Waals surface area contributed by atoms with Crippen LogP contribution < -0.4 is 21.9 Å². The Kier molecular flexibility index (Phi) is 8.00. The van der Waals surface area contributed by atoms with Crippen molar-refractivity contribution in [1.29, 1.82) is 0 Å². The number of likely N-dealkylation sites (N-methyl/N-ethyl adjacent to an activating group) is 2. The van der Waals surface area contributed by atoms with Crippen LogP contribution in [0.1, 0.15) is 39.5 Å². The summed E-state index contributed by atoms with van der Waals surface area (Å²) in [5, 5.41) is 0. The molecule has 1 aromatic heterocycles. The van der Waals surface area contributed by atoms with Crippen LogP contribution in [0.4, 0.5) is 11.5 Å². The number of anilines is 2. The number of nitrogens with one attached hydrogen (secondary N) is 1. The number of nitrogens with two attached hydrogens (primary N) is 1. The van der Waals surface area contributed by atoms with Crippen LogP contribution in [0.5, 0.6) is 0 Å². The highest BCUT2D eigenvalue weighted by Crippen LogP contribution is 2.17. The zero-order valence-corrected chi connectivity index (χ0v) is 17.6. The number of nitrogens with zero attached hydrogens (tertiary/aromatic N) is 4. The Hall–Kier alpha value is -2.62. The van der Waals surface area contributed by atoms with Gasteiger partial charge in [0.05, 0.1) is 13.1 Å². The molecule has 0 spiro atoms. The predicted molar refractivity (Wildman–Crippen MR) is 112 cm³/mol. The van der Waals surface area contributed by atoms with E-state index in [1.165, 1.54) is 9.47 Å². The quantitative estimate of drug-likeness (QED) is 0.584. The van der Waals surface area contributed by atoms with Gasteiger partial charge in [-0.05, 0) is 33.2 Å². The topological polar surface area (TPSA) is 125 Å². The third-order valence-electron chi connectivity index (χ3n) is 5.11. The molecule has 3 N–H and O–H groups in total. The van der Waals surface area contributed by atoms with Crippen LogP contribution in [-0.4, -0.2) is 70.9 Å². The first-order valence-corrected chi connectivity index (χ1v) is 10.2. The van der Waals surface area contributed by atoms with Crippen molar-refractivity contribution in [2.45, 2.75) is 46.1 Å². The van der Waals surface area contributed by atoms with Crippen molar-refractivity contribution in [3.05, 3.63) is 20.8 Å². The summed E-state index contributed by atoms with van der Waals surface area (Å²) in [5.41, 5.74) is 4.82. The maximum absolute atomic E-state index is 12.9. The minimum absolute atomic E-state index is 0.00803. The molecule has 10 nitrogen and oxygen atoms in total. The summed E-state index contributed by atoms with van der Waals surface area (Å²) in [6.07, 6.45) is 3.59. The summed E-state index contributed by atoms with van der Waals surface area (Å²) in [7, 11) is 1.69. The van der Waals surface area contributed by atoms with Crippen molar-refractivity contribution < 1.29 is 9.59 Å². The number of likely N-dealkylation sites (tertiary alicyclic amines) is 1. The van der Waals surface area contributed by atoms with Gasteiger partial charge in [0.25, 0.3) is 5.56 Å². The van der Waals surface area contributed by atoms with Crippen molar-refractivity contribution in [2.24, 2.45) is 0 Å². The maximum atomic E-state index is 12.9. The fourth-order valence-electron chi connectivity index (χ4n) is 3.51. The highest BCUT2D eigenvalue weighted by atomic mass is 16.2. The van der Waals surface area contributed by atoms with Crippen LogP contribution in [0.3, 0.4) is 0 Å². The molecule has 0 aliphatic carbocycles. The molecule has 1 aliphatic heterocycles. The Morgan fingerprint density at radius 3 is 2.38 bits per heavy atom. The van der Waals surface area contributed by atoms with Crippen molar-refractivity contribution in [1.82, 2.24) is 19.4 Å². The van der Waals surface area contributed by atoms with Gasteiger partial charge in [0.1, 0.15) is 5.82 Å². The average molecular weight is 409 g/mol. The van der Waals surface area contributed by atoms with E-state index in [1.54, 1.807) is 23.8 Å². The van der Waals surface area contributed by atoms with Gasteiger partial charge in [-0.2, -0.15) is 0 Å². The first-order chi connectivity index (χ1) is 13.8. The smallest absolute Gasteiger partial charge is 0.330 e. The molecule has 2 heterocycles. The second kappa shape index (κ2) is 10.2. The molecule has 1 fully saturated rings. The number of amides is 2. The molecule has 162 valence electrons. The molecule has 0 atom stereocenters. The van der Waals surface area contributed by atoms with Crippen molar-refractivity contribution in [3.8, 4) is 0 Å². The lowest BCUT2D eigenvalue weighted by atomic mass is 10.3. The van der Waals surface area contributed by atoms with E-state index < -0.39 is 11.2 Å². The third-order valence-corrected chi connectivity index (χ3v) is 5.11. The molecule has 0 radical (unpaired) electrons. The number of aromatic amines is 1. The van der Waals surface area contributed by atoms with E-state index in [9.17, 15) is 19.2 Å². The Balaban J connectivity index is 2.17. The third kappa shape index (κ3) is 5.47. The largest absolute Gasteiger partial charge is 0.383 e. The Bertz CT molecular complexity index is 840. The van der Waals surface area contributed by atoms with Gasteiger partial charge < -0.3 is 15.5 Å². The van der Waals surface area contributed by atoms with E-state index in [0.717, 1.165) is 38.8 Å². The number of hydrogen-bond acceptors (Lipinski definition) is 6. The summed E-state index contributed by atoms with van der Waals surface area (Å²) in [4.78, 5) is 56.6. The number of carbonyl (C=O) groups is 2. The summed E-state index contributed by atoms with van der Waals surface area (Å²) in [6, 6.07) is 0. The Morgan fingerprint density at radius 1 is 1.14 bits per heavy atom. The Labute approximate surface area is 170 Å². The first kappa shape index (κ1) is 22.7. The fraction of sp³-hybridized carbons (Fsp3) is 0.684. The van der Waals surface area contributed by atoms with Gasteiger partial charge in [-0.15, -0.1) is 0 Å². The molecule has 0 bridgehead atoms. The standard InChI is InChI=1S/C19H32N6O4/c1-4-6-11-25-17(20)16(18(28)21-19(25)29)24(5-2)15(27)13-22(3)12-14(26)23-9-7-8-10-23/h4-13,20H2,1-3H3,(H,21,28,29). The molecule has 10 heteroatoms. The lowest BCUT2D eigenvalue weighted by Crippen LogP contribution is -2.46. The fourth-order valence-corrected chi connectivity index (χ4v) is 3.51. The van der Waals surface area contributed by atoms with Gasteiger partial charge in [-0.3, -0.25) is 28.8 Å². The van der Waals surface area contributed by atoms with Crippen LogP contribution in [-0.2, 0) is 16.1 Å². The zero-order valence-electron chi connectivity index (χ0n) is 17.6. The van der Waals surface area contributed by atoms with Gasteiger partial charge in [-0.1, -0.05) is 13.3 Å². The van der Waals surface area contributed by atoms with E-state index in [0.29, 0.717) is 6.54 Å². The number of hydrogen-bond donors (Lipinski definition) is 2. The summed E-state index contributed by atoms with van der Waals surface area (Å²) >= 11 is 0. The first-order valence-electron chi connectivity index (χ1n) is 10.2. The number of H-pyrrole nitrogens is 1. The number of nitrogen functional groups attached to an aromatic ring is 1. The lowest BCUT2D eigenvalue weighted by Gasteiger charge is -2.26. The van der Waals surface area contributed by atoms with Crippen LogP contribution >= 0.6 is 0 Å². The number of aromatic nitrogens is 2. The van der Waals surface area contributed by atoms with Crippen molar-refractivity contribution >= 4 is 23.3 Å². The summed E-state index contributed by atoms with van der Waals surface area (Å²) in [5.74, 6) is -0.383. The van der Waals surface area contributed by atoms with E-state index in [2.05, 4.69) is 4.98 Å². The summed E-state index contributed by atoms with van der Waals surface area (Å²) < 4.78 is 1.29. The predicted octanol–water partition coefficient (Wildman–Crippen LogP) is -0.174. The molecular weight excluding hydrogens is 376 g/mol. The maximum Gasteiger partial charge on any atom is 0.330 e. The van der Waals surface area contributed by atoms with Crippen LogP contribution in [0.25, 0.3) is 0 Å². The van der Waals surface area contributed by atoms with Crippen LogP contribution in [0.2, 0.25) is 0 Å². The van der Waals surface area contributed by atoms with E-state index in [-0.39, 0.29) is 43.0 Å². The van der Waals surface area contributed by atoms with Crippen molar-refractivity contribution in [3.63, 3.8) is 0 Å². The molecule has 29 heavy (non-hydrogen) atoms. The van der Waals surface area contributed by atoms with Gasteiger partial charge in [0.15, 0.2) is 5.69 Å². The molecule has 1 aliphatic rings. The van der Waals surface area contributed by atoms with Crippen molar-refractivity contribution in [2.75, 3.05) is 50.4 Å². The van der Waals surface area contributed by atoms with Gasteiger partial charge >= 0.3 is 5.69 Å². The summed E-state index contributed by atoms with van der Waals surface area (Å²) in [6.45, 7) is 5.89. The molecule has 0 saturated carbocycles. The van der Waals surface area contributed by atoms with Crippen LogP contribution in [0, 0.1) is 0 Å². The molecule has 0 unspecified atom stereocenters. The van der Waals surface area contributed by atoms with Gasteiger partial charge in [0, 0.05) is 26.2 Å². The number of carbonyl (C=O) groups excluding carboxylic acids is 2. The number of unbranched alkanes of at least 4 members (excludes halogenated alkanes) is 1.